The zero-order valence-corrected chi connectivity index (χ0v) is 16.0. The fourth-order valence-electron chi connectivity index (χ4n) is 2.19. The predicted molar refractivity (Wildman–Crippen MR) is 95.0 cm³/mol. The lowest BCUT2D eigenvalue weighted by Gasteiger charge is -2.21. The molecule has 0 radical (unpaired) electrons. The van der Waals surface area contributed by atoms with E-state index in [4.69, 9.17) is 0 Å². The zero-order chi connectivity index (χ0) is 17.4. The molecule has 23 heavy (non-hydrogen) atoms. The monoisotopic (exact) mass is 378 g/mol. The van der Waals surface area contributed by atoms with Crippen molar-refractivity contribution in [3.63, 3.8) is 0 Å². The van der Waals surface area contributed by atoms with Crippen molar-refractivity contribution in [2.24, 2.45) is 0 Å². The van der Waals surface area contributed by atoms with Gasteiger partial charge in [-0.3, -0.25) is 9.36 Å². The summed E-state index contributed by atoms with van der Waals surface area (Å²) in [5, 5.41) is 11.2. The Balaban J connectivity index is 2.47. The summed E-state index contributed by atoms with van der Waals surface area (Å²) in [4.78, 5) is 12.4. The minimum atomic E-state index is -0.285. The van der Waals surface area contributed by atoms with Gasteiger partial charge in [-0.25, -0.2) is 0 Å². The van der Waals surface area contributed by atoms with Crippen molar-refractivity contribution < 1.29 is 4.79 Å². The van der Waals surface area contributed by atoms with E-state index < -0.39 is 0 Å². The van der Waals surface area contributed by atoms with Crippen molar-refractivity contribution in [2.75, 3.05) is 0 Å². The second-order valence-electron chi connectivity index (χ2n) is 7.68. The quantitative estimate of drug-likeness (QED) is 0.862. The number of rotatable bonds is 2. The molecule has 124 valence electrons. The van der Waals surface area contributed by atoms with Crippen LogP contribution >= 0.6 is 15.9 Å². The van der Waals surface area contributed by atoms with Crippen LogP contribution in [0.3, 0.4) is 0 Å². The number of benzene rings is 1. The Hall–Kier alpha value is -1.69. The van der Waals surface area contributed by atoms with Crippen molar-refractivity contribution in [2.45, 2.75) is 52.5 Å². The van der Waals surface area contributed by atoms with E-state index in [0.717, 1.165) is 16.0 Å². The molecule has 5 nitrogen and oxygen atoms in total. The largest absolute Gasteiger partial charge is 0.347 e. The molecule has 0 spiro atoms. The third kappa shape index (κ3) is 4.41. The molecule has 0 fully saturated rings. The van der Waals surface area contributed by atoms with Crippen molar-refractivity contribution in [3.8, 4) is 5.69 Å². The van der Waals surface area contributed by atoms with Gasteiger partial charge in [0.15, 0.2) is 0 Å². The highest BCUT2D eigenvalue weighted by atomic mass is 79.9. The second kappa shape index (κ2) is 6.07. The summed E-state index contributed by atoms with van der Waals surface area (Å²) in [6.07, 6.45) is 1.67. The zero-order valence-electron chi connectivity index (χ0n) is 14.4. The van der Waals surface area contributed by atoms with Gasteiger partial charge in [0, 0.05) is 21.0 Å². The van der Waals surface area contributed by atoms with Crippen LogP contribution in [0.1, 0.15) is 57.7 Å². The minimum absolute atomic E-state index is 0.106. The lowest BCUT2D eigenvalue weighted by Crippen LogP contribution is -2.40. The second-order valence-corrected chi connectivity index (χ2v) is 8.59. The molecule has 0 unspecified atom stereocenters. The van der Waals surface area contributed by atoms with Gasteiger partial charge in [-0.05, 0) is 39.0 Å². The molecule has 2 rings (SSSR count). The summed E-state index contributed by atoms with van der Waals surface area (Å²) in [5.74, 6) is 0.739. The molecule has 1 amide bonds. The maximum absolute atomic E-state index is 12.4. The third-order valence-electron chi connectivity index (χ3n) is 3.13. The number of carbonyl (C=O) groups is 1. The van der Waals surface area contributed by atoms with Crippen LogP contribution in [0.5, 0.6) is 0 Å². The summed E-state index contributed by atoms with van der Waals surface area (Å²) in [5.41, 5.74) is 1.02. The summed E-state index contributed by atoms with van der Waals surface area (Å²) >= 11 is 3.49. The number of hydrogen-bond donors (Lipinski definition) is 1. The number of nitrogens with one attached hydrogen (secondary N) is 1. The van der Waals surface area contributed by atoms with E-state index in [-0.39, 0.29) is 16.9 Å². The van der Waals surface area contributed by atoms with Gasteiger partial charge in [0.25, 0.3) is 5.91 Å². The smallest absolute Gasteiger partial charge is 0.251 e. The van der Waals surface area contributed by atoms with Crippen LogP contribution in [0.2, 0.25) is 0 Å². The van der Waals surface area contributed by atoms with E-state index in [1.807, 2.05) is 43.5 Å². The Morgan fingerprint density at radius 1 is 1.13 bits per heavy atom. The number of amides is 1. The van der Waals surface area contributed by atoms with E-state index in [1.54, 1.807) is 6.33 Å². The van der Waals surface area contributed by atoms with Gasteiger partial charge in [-0.2, -0.15) is 0 Å². The molecule has 0 saturated heterocycles. The Morgan fingerprint density at radius 3 is 2.35 bits per heavy atom. The molecule has 0 aliphatic carbocycles. The molecule has 0 bridgehead atoms. The Morgan fingerprint density at radius 2 is 1.78 bits per heavy atom. The lowest BCUT2D eigenvalue weighted by atomic mass is 9.95. The first-order valence-corrected chi connectivity index (χ1v) is 8.31. The summed E-state index contributed by atoms with van der Waals surface area (Å²) in [7, 11) is 0. The minimum Gasteiger partial charge on any atom is -0.347 e. The summed E-state index contributed by atoms with van der Waals surface area (Å²) in [6.45, 7) is 12.1. The number of nitrogens with zero attached hydrogens (tertiary/aromatic N) is 3. The highest BCUT2D eigenvalue weighted by Gasteiger charge is 2.22. The van der Waals surface area contributed by atoms with Crippen LogP contribution < -0.4 is 5.32 Å². The van der Waals surface area contributed by atoms with Crippen LogP contribution in [-0.2, 0) is 5.41 Å². The number of carbonyl (C=O) groups excluding carboxylic acids is 1. The Bertz CT molecular complexity index is 723. The van der Waals surface area contributed by atoms with Crippen molar-refractivity contribution in [1.29, 1.82) is 0 Å². The normalized spacial score (nSPS) is 12.3. The SMILES string of the molecule is CC(C)(C)NC(=O)c1cc(Br)cc(-n2cnnc2C(C)(C)C)c1. The van der Waals surface area contributed by atoms with Crippen LogP contribution in [0, 0.1) is 0 Å². The van der Waals surface area contributed by atoms with Crippen molar-refractivity contribution >= 4 is 21.8 Å². The first kappa shape index (κ1) is 17.7. The molecule has 0 aliphatic heterocycles. The van der Waals surface area contributed by atoms with Crippen molar-refractivity contribution in [3.05, 3.63) is 40.4 Å². The molecule has 1 N–H and O–H groups in total. The van der Waals surface area contributed by atoms with Gasteiger partial charge in [0.05, 0.1) is 5.69 Å². The highest BCUT2D eigenvalue weighted by molar-refractivity contribution is 9.10. The average Bonchev–Trinajstić information content (AvgIpc) is 2.84. The Labute approximate surface area is 145 Å². The molecule has 2 aromatic rings. The van der Waals surface area contributed by atoms with Gasteiger partial charge < -0.3 is 5.32 Å². The number of aromatic nitrogens is 3. The predicted octanol–water partition coefficient (Wildman–Crippen LogP) is 3.86. The highest BCUT2D eigenvalue weighted by Crippen LogP contribution is 2.25. The number of halogens is 1. The first-order valence-electron chi connectivity index (χ1n) is 7.51. The fraction of sp³-hybridized carbons (Fsp3) is 0.471. The molecular weight excluding hydrogens is 356 g/mol. The van der Waals surface area contributed by atoms with Crippen LogP contribution in [-0.4, -0.2) is 26.2 Å². The van der Waals surface area contributed by atoms with Gasteiger partial charge in [-0.1, -0.05) is 36.7 Å². The molecule has 0 aliphatic rings. The third-order valence-corrected chi connectivity index (χ3v) is 3.59. The Kier molecular flexibility index (Phi) is 4.66. The van der Waals surface area contributed by atoms with Crippen LogP contribution in [0.4, 0.5) is 0 Å². The summed E-state index contributed by atoms with van der Waals surface area (Å²) < 4.78 is 2.75. The van der Waals surface area contributed by atoms with Gasteiger partial charge in [0.1, 0.15) is 12.2 Å². The first-order chi connectivity index (χ1) is 10.5. The van der Waals surface area contributed by atoms with E-state index in [9.17, 15) is 4.79 Å². The standard InChI is InChI=1S/C17H23BrN4O/c1-16(2,3)15-21-19-10-22(15)13-8-11(7-12(18)9-13)14(23)20-17(4,5)6/h7-10H,1-6H3,(H,20,23). The summed E-state index contributed by atoms with van der Waals surface area (Å²) in [6, 6.07) is 5.61. The van der Waals surface area contributed by atoms with E-state index in [1.165, 1.54) is 0 Å². The average molecular weight is 379 g/mol. The van der Waals surface area contributed by atoms with E-state index >= 15 is 0 Å². The topological polar surface area (TPSA) is 59.8 Å². The maximum Gasteiger partial charge on any atom is 0.251 e. The fourth-order valence-corrected chi connectivity index (χ4v) is 2.67. The molecule has 1 heterocycles. The van der Waals surface area contributed by atoms with Gasteiger partial charge >= 0.3 is 0 Å². The van der Waals surface area contributed by atoms with E-state index in [0.29, 0.717) is 5.56 Å². The lowest BCUT2D eigenvalue weighted by molar-refractivity contribution is 0.0919. The van der Waals surface area contributed by atoms with Crippen molar-refractivity contribution in [1.82, 2.24) is 20.1 Å². The van der Waals surface area contributed by atoms with Gasteiger partial charge in [0.2, 0.25) is 0 Å². The maximum atomic E-state index is 12.4. The molecule has 1 aromatic heterocycles. The van der Waals surface area contributed by atoms with Gasteiger partial charge in [-0.15, -0.1) is 10.2 Å². The molecular formula is C17H23BrN4O. The number of hydrogen-bond acceptors (Lipinski definition) is 3. The molecule has 0 saturated carbocycles. The molecule has 1 aromatic carbocycles. The van der Waals surface area contributed by atoms with E-state index in [2.05, 4.69) is 52.2 Å². The molecule has 6 heteroatoms. The van der Waals surface area contributed by atoms with Crippen LogP contribution in [0.25, 0.3) is 5.69 Å². The van der Waals surface area contributed by atoms with Crippen LogP contribution in [0.15, 0.2) is 29.0 Å². The molecule has 0 atom stereocenters.